The third-order valence-electron chi connectivity index (χ3n) is 3.78. The zero-order valence-corrected chi connectivity index (χ0v) is 9.65. The van der Waals surface area contributed by atoms with Crippen molar-refractivity contribution in [1.29, 1.82) is 0 Å². The fraction of sp³-hybridized carbons (Fsp3) is 0.692. The number of hydrogen-bond donors (Lipinski definition) is 1. The molecule has 0 amide bonds. The second kappa shape index (κ2) is 4.40. The second-order valence-corrected chi connectivity index (χ2v) is 4.94. The molecule has 2 N–H and O–H groups in total. The zero-order chi connectivity index (χ0) is 10.8. The van der Waals surface area contributed by atoms with Crippen molar-refractivity contribution in [2.24, 2.45) is 17.6 Å². The van der Waals surface area contributed by atoms with Gasteiger partial charge in [0.25, 0.3) is 0 Å². The smallest absolute Gasteiger partial charge is 0.115 e. The molecule has 0 saturated heterocycles. The van der Waals surface area contributed by atoms with Crippen LogP contribution in [0.5, 0.6) is 0 Å². The van der Waals surface area contributed by atoms with Crippen LogP contribution in [0.25, 0.3) is 0 Å². The third-order valence-corrected chi connectivity index (χ3v) is 3.78. The van der Waals surface area contributed by atoms with Gasteiger partial charge in [-0.05, 0) is 43.3 Å². The fourth-order valence-electron chi connectivity index (χ4n) is 2.37. The SMILES string of the molecule is CC1CCC(OC2=CCC(N)C=C2)C1C. The van der Waals surface area contributed by atoms with Crippen molar-refractivity contribution in [3.8, 4) is 0 Å². The molecule has 0 bridgehead atoms. The van der Waals surface area contributed by atoms with E-state index >= 15 is 0 Å². The van der Waals surface area contributed by atoms with Crippen LogP contribution in [-0.2, 0) is 4.74 Å². The number of nitrogens with two attached hydrogens (primary N) is 1. The first-order valence-electron chi connectivity index (χ1n) is 5.97. The Labute approximate surface area is 92.2 Å². The lowest BCUT2D eigenvalue weighted by atomic mass is 9.99. The van der Waals surface area contributed by atoms with Crippen molar-refractivity contribution in [2.45, 2.75) is 45.3 Å². The largest absolute Gasteiger partial charge is 0.491 e. The summed E-state index contributed by atoms with van der Waals surface area (Å²) < 4.78 is 6.00. The van der Waals surface area contributed by atoms with E-state index in [9.17, 15) is 0 Å². The van der Waals surface area contributed by atoms with Gasteiger partial charge in [-0.2, -0.15) is 0 Å². The summed E-state index contributed by atoms with van der Waals surface area (Å²) in [6.45, 7) is 4.61. The van der Waals surface area contributed by atoms with Gasteiger partial charge in [0, 0.05) is 6.04 Å². The predicted molar refractivity (Wildman–Crippen MR) is 62.3 cm³/mol. The molecule has 15 heavy (non-hydrogen) atoms. The molecule has 2 rings (SSSR count). The van der Waals surface area contributed by atoms with Crippen LogP contribution in [0.15, 0.2) is 24.0 Å². The van der Waals surface area contributed by atoms with Crippen molar-refractivity contribution < 1.29 is 4.74 Å². The summed E-state index contributed by atoms with van der Waals surface area (Å²) in [6, 6.07) is 0.178. The summed E-state index contributed by atoms with van der Waals surface area (Å²) in [6.07, 6.45) is 9.96. The normalized spacial score (nSPS) is 40.3. The van der Waals surface area contributed by atoms with E-state index in [4.69, 9.17) is 10.5 Å². The highest BCUT2D eigenvalue weighted by atomic mass is 16.5. The Kier molecular flexibility index (Phi) is 3.15. The van der Waals surface area contributed by atoms with E-state index in [1.54, 1.807) is 0 Å². The minimum Gasteiger partial charge on any atom is -0.491 e. The van der Waals surface area contributed by atoms with Crippen LogP contribution < -0.4 is 5.73 Å². The van der Waals surface area contributed by atoms with Gasteiger partial charge < -0.3 is 10.5 Å². The highest BCUT2D eigenvalue weighted by Gasteiger charge is 2.31. The summed E-state index contributed by atoms with van der Waals surface area (Å²) in [5.74, 6) is 2.49. The molecule has 1 fully saturated rings. The highest BCUT2D eigenvalue weighted by molar-refractivity contribution is 5.20. The number of allylic oxidation sites excluding steroid dienone is 1. The first-order valence-corrected chi connectivity index (χ1v) is 5.97. The maximum absolute atomic E-state index is 6.00. The standard InChI is InChI=1S/C13H21NO/c1-9-3-8-13(10(9)2)15-12-6-4-11(14)5-7-12/h4,6-7,9-11,13H,3,5,8,14H2,1-2H3. The molecule has 4 atom stereocenters. The fourth-order valence-corrected chi connectivity index (χ4v) is 2.37. The molecule has 4 unspecified atom stereocenters. The Bertz CT molecular complexity index is 282. The van der Waals surface area contributed by atoms with Crippen molar-refractivity contribution in [3.63, 3.8) is 0 Å². The molecule has 0 aliphatic heterocycles. The molecule has 0 aromatic rings. The minimum atomic E-state index is 0.178. The van der Waals surface area contributed by atoms with Crippen molar-refractivity contribution >= 4 is 0 Å². The van der Waals surface area contributed by atoms with E-state index in [0.717, 1.165) is 18.1 Å². The lowest BCUT2D eigenvalue weighted by Gasteiger charge is -2.22. The molecule has 2 heteroatoms. The number of hydrogen-bond acceptors (Lipinski definition) is 2. The van der Waals surface area contributed by atoms with E-state index in [0.29, 0.717) is 12.0 Å². The van der Waals surface area contributed by atoms with Crippen LogP contribution >= 0.6 is 0 Å². The first kappa shape index (κ1) is 10.7. The van der Waals surface area contributed by atoms with E-state index in [1.807, 2.05) is 12.2 Å². The second-order valence-electron chi connectivity index (χ2n) is 4.94. The van der Waals surface area contributed by atoms with E-state index < -0.39 is 0 Å². The summed E-state index contributed by atoms with van der Waals surface area (Å²) in [5, 5.41) is 0. The summed E-state index contributed by atoms with van der Waals surface area (Å²) in [4.78, 5) is 0. The van der Waals surface area contributed by atoms with Gasteiger partial charge in [-0.3, -0.25) is 0 Å². The van der Waals surface area contributed by atoms with E-state index in [1.165, 1.54) is 12.8 Å². The average molecular weight is 207 g/mol. The lowest BCUT2D eigenvalue weighted by Crippen LogP contribution is -2.21. The maximum atomic E-state index is 6.00. The summed E-state index contributed by atoms with van der Waals surface area (Å²) in [5.41, 5.74) is 5.77. The molecule has 2 aliphatic carbocycles. The topological polar surface area (TPSA) is 35.2 Å². The lowest BCUT2D eigenvalue weighted by molar-refractivity contribution is 0.0881. The Morgan fingerprint density at radius 2 is 2.13 bits per heavy atom. The van der Waals surface area contributed by atoms with E-state index in [-0.39, 0.29) is 6.04 Å². The molecule has 0 radical (unpaired) electrons. The van der Waals surface area contributed by atoms with E-state index in [2.05, 4.69) is 19.9 Å². The van der Waals surface area contributed by atoms with Crippen LogP contribution in [-0.4, -0.2) is 12.1 Å². The molecule has 0 spiro atoms. The van der Waals surface area contributed by atoms with Crippen LogP contribution in [0.2, 0.25) is 0 Å². The van der Waals surface area contributed by atoms with Crippen LogP contribution in [0.3, 0.4) is 0 Å². The van der Waals surface area contributed by atoms with Crippen LogP contribution in [0, 0.1) is 11.8 Å². The van der Waals surface area contributed by atoms with Gasteiger partial charge in [0.2, 0.25) is 0 Å². The maximum Gasteiger partial charge on any atom is 0.115 e. The van der Waals surface area contributed by atoms with Gasteiger partial charge in [-0.1, -0.05) is 19.9 Å². The molecule has 1 saturated carbocycles. The Morgan fingerprint density at radius 3 is 2.67 bits per heavy atom. The number of rotatable bonds is 2. The monoisotopic (exact) mass is 207 g/mol. The van der Waals surface area contributed by atoms with Crippen LogP contribution in [0.4, 0.5) is 0 Å². The molecule has 0 heterocycles. The summed E-state index contributed by atoms with van der Waals surface area (Å²) in [7, 11) is 0. The Morgan fingerprint density at radius 1 is 1.33 bits per heavy atom. The Balaban J connectivity index is 1.90. The average Bonchev–Trinajstić information content (AvgIpc) is 2.53. The molecular weight excluding hydrogens is 186 g/mol. The van der Waals surface area contributed by atoms with Gasteiger partial charge in [0.15, 0.2) is 0 Å². The molecule has 0 aromatic carbocycles. The number of ether oxygens (including phenoxy) is 1. The quantitative estimate of drug-likeness (QED) is 0.755. The van der Waals surface area contributed by atoms with Gasteiger partial charge in [-0.25, -0.2) is 0 Å². The van der Waals surface area contributed by atoms with Crippen molar-refractivity contribution in [3.05, 3.63) is 24.0 Å². The van der Waals surface area contributed by atoms with Gasteiger partial charge in [0.1, 0.15) is 11.9 Å². The minimum absolute atomic E-state index is 0.178. The van der Waals surface area contributed by atoms with Gasteiger partial charge >= 0.3 is 0 Å². The third kappa shape index (κ3) is 2.43. The highest BCUT2D eigenvalue weighted by Crippen LogP contribution is 2.34. The van der Waals surface area contributed by atoms with Gasteiger partial charge in [0.05, 0.1) is 0 Å². The molecule has 2 aliphatic rings. The van der Waals surface area contributed by atoms with Gasteiger partial charge in [-0.15, -0.1) is 0 Å². The van der Waals surface area contributed by atoms with Crippen molar-refractivity contribution in [2.75, 3.05) is 0 Å². The summed E-state index contributed by atoms with van der Waals surface area (Å²) >= 11 is 0. The van der Waals surface area contributed by atoms with Crippen molar-refractivity contribution in [1.82, 2.24) is 0 Å². The Hall–Kier alpha value is -0.760. The molecule has 84 valence electrons. The molecule has 2 nitrogen and oxygen atoms in total. The van der Waals surface area contributed by atoms with Crippen LogP contribution in [0.1, 0.15) is 33.1 Å². The first-order chi connectivity index (χ1) is 7.16. The predicted octanol–water partition coefficient (Wildman–Crippen LogP) is 2.61. The zero-order valence-electron chi connectivity index (χ0n) is 9.65. The molecule has 0 aromatic heterocycles. The molecular formula is C13H21NO.